The molecule has 1 aromatic heterocycles. The number of halogens is 1. The van der Waals surface area contributed by atoms with Crippen molar-refractivity contribution in [2.45, 2.75) is 25.9 Å². The molecule has 1 atom stereocenters. The fraction of sp³-hybridized carbons (Fsp3) is 0.588. The summed E-state index contributed by atoms with van der Waals surface area (Å²) in [6.45, 7) is 5.65. The highest BCUT2D eigenvalue weighted by molar-refractivity contribution is 14.0. The van der Waals surface area contributed by atoms with E-state index in [1.54, 1.807) is 24.5 Å². The summed E-state index contributed by atoms with van der Waals surface area (Å²) in [5.41, 5.74) is 0.661. The van der Waals surface area contributed by atoms with E-state index in [-0.39, 0.29) is 42.5 Å². The van der Waals surface area contributed by atoms with Gasteiger partial charge in [0, 0.05) is 32.5 Å². The summed E-state index contributed by atoms with van der Waals surface area (Å²) in [6, 6.07) is 3.55. The first-order chi connectivity index (χ1) is 12.3. The fourth-order valence-corrected chi connectivity index (χ4v) is 2.30. The molecule has 1 saturated heterocycles. The van der Waals surface area contributed by atoms with Crippen LogP contribution in [0.5, 0.6) is 0 Å². The van der Waals surface area contributed by atoms with Crippen molar-refractivity contribution in [2.24, 2.45) is 4.99 Å². The average Bonchev–Trinajstić information content (AvgIpc) is 3.13. The maximum Gasteiger partial charge on any atom is 0.246 e. The second kappa shape index (κ2) is 13.7. The van der Waals surface area contributed by atoms with Gasteiger partial charge < -0.3 is 25.4 Å². The molecule has 0 spiro atoms. The van der Waals surface area contributed by atoms with Crippen LogP contribution in [0.4, 0.5) is 5.69 Å². The lowest BCUT2D eigenvalue weighted by Gasteiger charge is -2.13. The number of aromatic nitrogens is 1. The fourth-order valence-electron chi connectivity index (χ4n) is 2.30. The third-order valence-electron chi connectivity index (χ3n) is 3.53. The van der Waals surface area contributed by atoms with Gasteiger partial charge in [0.2, 0.25) is 5.91 Å². The topological polar surface area (TPSA) is 96.9 Å². The van der Waals surface area contributed by atoms with E-state index in [1.165, 1.54) is 0 Å². The number of rotatable bonds is 9. The number of ether oxygens (including phenoxy) is 2. The summed E-state index contributed by atoms with van der Waals surface area (Å²) in [5.74, 6) is 0.433. The summed E-state index contributed by atoms with van der Waals surface area (Å²) in [4.78, 5) is 20.2. The highest BCUT2D eigenvalue weighted by atomic mass is 127. The molecule has 1 amide bonds. The molecule has 1 fully saturated rings. The van der Waals surface area contributed by atoms with Gasteiger partial charge in [0.05, 0.1) is 24.6 Å². The minimum atomic E-state index is -0.185. The van der Waals surface area contributed by atoms with Crippen LogP contribution >= 0.6 is 24.0 Å². The zero-order valence-electron chi connectivity index (χ0n) is 15.1. The summed E-state index contributed by atoms with van der Waals surface area (Å²) < 4.78 is 11.0. The van der Waals surface area contributed by atoms with Gasteiger partial charge in [0.25, 0.3) is 0 Å². The van der Waals surface area contributed by atoms with Crippen LogP contribution in [0.1, 0.15) is 19.8 Å². The first-order valence-electron chi connectivity index (χ1n) is 8.69. The normalized spacial score (nSPS) is 16.7. The zero-order chi connectivity index (χ0) is 17.7. The molecule has 2 heterocycles. The van der Waals surface area contributed by atoms with Gasteiger partial charge in [-0.2, -0.15) is 0 Å². The Morgan fingerprint density at radius 3 is 3.04 bits per heavy atom. The van der Waals surface area contributed by atoms with Crippen LogP contribution in [0.2, 0.25) is 0 Å². The van der Waals surface area contributed by atoms with E-state index in [0.29, 0.717) is 24.9 Å². The van der Waals surface area contributed by atoms with E-state index in [2.05, 4.69) is 25.9 Å². The Labute approximate surface area is 171 Å². The number of pyridine rings is 1. The number of anilines is 1. The van der Waals surface area contributed by atoms with E-state index in [0.717, 1.165) is 32.5 Å². The van der Waals surface area contributed by atoms with Gasteiger partial charge in [0.1, 0.15) is 6.54 Å². The molecule has 0 radical (unpaired) electrons. The number of amides is 1. The zero-order valence-corrected chi connectivity index (χ0v) is 17.4. The van der Waals surface area contributed by atoms with Gasteiger partial charge in [-0.1, -0.05) is 0 Å². The van der Waals surface area contributed by atoms with Crippen molar-refractivity contribution in [3.05, 3.63) is 24.5 Å². The molecule has 146 valence electrons. The second-order valence-corrected chi connectivity index (χ2v) is 5.62. The van der Waals surface area contributed by atoms with Crippen LogP contribution in [0, 0.1) is 0 Å². The third-order valence-corrected chi connectivity index (χ3v) is 3.53. The summed E-state index contributed by atoms with van der Waals surface area (Å²) >= 11 is 0. The highest BCUT2D eigenvalue weighted by Crippen LogP contribution is 2.07. The van der Waals surface area contributed by atoms with Crippen LogP contribution < -0.4 is 16.0 Å². The van der Waals surface area contributed by atoms with Gasteiger partial charge in [-0.3, -0.25) is 9.78 Å². The van der Waals surface area contributed by atoms with Crippen molar-refractivity contribution < 1.29 is 14.3 Å². The average molecular weight is 477 g/mol. The van der Waals surface area contributed by atoms with E-state index >= 15 is 0 Å². The Hall–Kier alpha value is -1.46. The molecule has 26 heavy (non-hydrogen) atoms. The SMILES string of the molecule is CCNC(=NCC(=O)Nc1cccnc1)NCCCOC1CCOC1.I. The number of hydrogen-bond acceptors (Lipinski definition) is 5. The summed E-state index contributed by atoms with van der Waals surface area (Å²) in [5, 5.41) is 9.07. The first-order valence-corrected chi connectivity index (χ1v) is 8.69. The third kappa shape index (κ3) is 9.30. The lowest BCUT2D eigenvalue weighted by molar-refractivity contribution is -0.114. The standard InChI is InChI=1S/C17H27N5O3.HI/c1-2-19-17(20-8-4-9-25-15-6-10-24-13-15)21-12-16(23)22-14-5-3-7-18-11-14;/h3,5,7,11,15H,2,4,6,8-10,12-13H2,1H3,(H,22,23)(H2,19,20,21);1H. The molecule has 3 N–H and O–H groups in total. The van der Waals surface area contributed by atoms with Crippen LogP contribution in [-0.2, 0) is 14.3 Å². The Morgan fingerprint density at radius 2 is 2.35 bits per heavy atom. The Balaban J connectivity index is 0.00000338. The molecule has 0 saturated carbocycles. The number of nitrogens with one attached hydrogen (secondary N) is 3. The van der Waals surface area contributed by atoms with Crippen molar-refractivity contribution in [1.82, 2.24) is 15.6 Å². The Bertz CT molecular complexity index is 538. The van der Waals surface area contributed by atoms with Gasteiger partial charge in [-0.25, -0.2) is 4.99 Å². The Morgan fingerprint density at radius 1 is 1.46 bits per heavy atom. The van der Waals surface area contributed by atoms with E-state index in [4.69, 9.17) is 9.47 Å². The smallest absolute Gasteiger partial charge is 0.246 e. The largest absolute Gasteiger partial charge is 0.379 e. The van der Waals surface area contributed by atoms with Crippen LogP contribution in [0.25, 0.3) is 0 Å². The van der Waals surface area contributed by atoms with Crippen LogP contribution in [-0.4, -0.2) is 62.4 Å². The molecular weight excluding hydrogens is 449 g/mol. The van der Waals surface area contributed by atoms with Crippen molar-refractivity contribution in [3.63, 3.8) is 0 Å². The molecule has 1 unspecified atom stereocenters. The van der Waals surface area contributed by atoms with Crippen molar-refractivity contribution in [2.75, 3.05) is 44.8 Å². The maximum atomic E-state index is 11.9. The minimum Gasteiger partial charge on any atom is -0.379 e. The molecule has 9 heteroatoms. The lowest BCUT2D eigenvalue weighted by atomic mass is 10.3. The van der Waals surface area contributed by atoms with E-state index in [9.17, 15) is 4.79 Å². The molecule has 8 nitrogen and oxygen atoms in total. The monoisotopic (exact) mass is 477 g/mol. The van der Waals surface area contributed by atoms with Gasteiger partial charge in [-0.05, 0) is 31.9 Å². The molecular formula is C17H28IN5O3. The highest BCUT2D eigenvalue weighted by Gasteiger charge is 2.15. The minimum absolute atomic E-state index is 0. The predicted molar refractivity (Wildman–Crippen MR) is 112 cm³/mol. The van der Waals surface area contributed by atoms with Crippen LogP contribution in [0.3, 0.4) is 0 Å². The molecule has 0 aromatic carbocycles. The van der Waals surface area contributed by atoms with Crippen molar-refractivity contribution in [3.8, 4) is 0 Å². The number of guanidine groups is 1. The first kappa shape index (κ1) is 22.6. The number of aliphatic imine (C=N–C) groups is 1. The molecule has 0 aliphatic carbocycles. The molecule has 1 aromatic rings. The van der Waals surface area contributed by atoms with Crippen molar-refractivity contribution >= 4 is 41.5 Å². The van der Waals surface area contributed by atoms with Gasteiger partial charge in [-0.15, -0.1) is 24.0 Å². The Kier molecular flexibility index (Phi) is 11.9. The summed E-state index contributed by atoms with van der Waals surface area (Å²) in [7, 11) is 0. The van der Waals surface area contributed by atoms with E-state index < -0.39 is 0 Å². The predicted octanol–water partition coefficient (Wildman–Crippen LogP) is 1.39. The van der Waals surface area contributed by atoms with Gasteiger partial charge in [0.15, 0.2) is 5.96 Å². The van der Waals surface area contributed by atoms with Gasteiger partial charge >= 0.3 is 0 Å². The number of carbonyl (C=O) groups is 1. The molecule has 1 aliphatic rings. The second-order valence-electron chi connectivity index (χ2n) is 5.62. The number of carbonyl (C=O) groups excluding carboxylic acids is 1. The van der Waals surface area contributed by atoms with E-state index in [1.807, 2.05) is 6.92 Å². The summed E-state index contributed by atoms with van der Waals surface area (Å²) in [6.07, 6.45) is 5.33. The van der Waals surface area contributed by atoms with Crippen LogP contribution in [0.15, 0.2) is 29.5 Å². The number of nitrogens with zero attached hydrogens (tertiary/aromatic N) is 2. The quantitative estimate of drug-likeness (QED) is 0.215. The molecule has 1 aliphatic heterocycles. The molecule has 2 rings (SSSR count). The number of hydrogen-bond donors (Lipinski definition) is 3. The van der Waals surface area contributed by atoms with Crippen molar-refractivity contribution in [1.29, 1.82) is 0 Å². The maximum absolute atomic E-state index is 11.9. The molecule has 0 bridgehead atoms. The lowest BCUT2D eigenvalue weighted by Crippen LogP contribution is -2.38.